The van der Waals surface area contributed by atoms with Gasteiger partial charge in [0, 0.05) is 21.2 Å². The van der Waals surface area contributed by atoms with Gasteiger partial charge in [-0.15, -0.1) is 0 Å². The van der Waals surface area contributed by atoms with Gasteiger partial charge in [0.15, 0.2) is 0 Å². The van der Waals surface area contributed by atoms with Crippen LogP contribution in [0.2, 0.25) is 10.0 Å². The lowest BCUT2D eigenvalue weighted by Gasteiger charge is -2.15. The summed E-state index contributed by atoms with van der Waals surface area (Å²) in [6, 6.07) is 14.4. The van der Waals surface area contributed by atoms with E-state index in [2.05, 4.69) is 5.32 Å². The standard InChI is InChI=1S/C22H16Cl2F3NO3/c1-30-20-8-5-13(9-14(20)12-31-17-4-2-3-15(23)10-17)21(29)28-19-7-6-16(24)11-18(19)22(25,26)27/h2-11H,12H2,1H3,(H,28,29). The molecule has 1 amide bonds. The van der Waals surface area contributed by atoms with E-state index in [1.54, 1.807) is 24.3 Å². The average Bonchev–Trinajstić information content (AvgIpc) is 2.72. The summed E-state index contributed by atoms with van der Waals surface area (Å²) >= 11 is 11.6. The number of amides is 1. The molecule has 3 aromatic rings. The second kappa shape index (κ2) is 9.49. The molecule has 0 fully saturated rings. The molecule has 0 bridgehead atoms. The van der Waals surface area contributed by atoms with Gasteiger partial charge < -0.3 is 14.8 Å². The SMILES string of the molecule is COc1ccc(C(=O)Nc2ccc(Cl)cc2C(F)(F)F)cc1COc1cccc(Cl)c1. The van der Waals surface area contributed by atoms with Crippen molar-refractivity contribution in [3.63, 3.8) is 0 Å². The van der Waals surface area contributed by atoms with Crippen LogP contribution in [0.4, 0.5) is 18.9 Å². The molecule has 0 unspecified atom stereocenters. The van der Waals surface area contributed by atoms with Gasteiger partial charge in [0.2, 0.25) is 0 Å². The summed E-state index contributed by atoms with van der Waals surface area (Å²) < 4.78 is 50.8. The van der Waals surface area contributed by atoms with Crippen LogP contribution in [-0.4, -0.2) is 13.0 Å². The Hall–Kier alpha value is -2.90. The number of halogens is 5. The Balaban J connectivity index is 1.83. The fraction of sp³-hybridized carbons (Fsp3) is 0.136. The molecule has 0 aliphatic rings. The summed E-state index contributed by atoms with van der Waals surface area (Å²) in [6.07, 6.45) is -4.68. The molecule has 0 saturated heterocycles. The van der Waals surface area contributed by atoms with Crippen LogP contribution in [0.3, 0.4) is 0 Å². The first-order valence-corrected chi connectivity index (χ1v) is 9.66. The normalized spacial score (nSPS) is 11.2. The number of nitrogens with one attached hydrogen (secondary N) is 1. The molecule has 31 heavy (non-hydrogen) atoms. The van der Waals surface area contributed by atoms with Crippen LogP contribution in [0.1, 0.15) is 21.5 Å². The second-order valence-electron chi connectivity index (χ2n) is 6.41. The molecule has 162 valence electrons. The van der Waals surface area contributed by atoms with Crippen LogP contribution < -0.4 is 14.8 Å². The van der Waals surface area contributed by atoms with Gasteiger partial charge in [-0.25, -0.2) is 0 Å². The summed E-state index contributed by atoms with van der Waals surface area (Å²) in [5, 5.41) is 2.70. The van der Waals surface area contributed by atoms with Gasteiger partial charge in [0.25, 0.3) is 5.91 Å². The highest BCUT2D eigenvalue weighted by atomic mass is 35.5. The van der Waals surface area contributed by atoms with Gasteiger partial charge in [-0.05, 0) is 54.6 Å². The molecule has 4 nitrogen and oxygen atoms in total. The molecule has 9 heteroatoms. The Bertz CT molecular complexity index is 1100. The molecule has 0 heterocycles. The van der Waals surface area contributed by atoms with Crippen molar-refractivity contribution in [2.45, 2.75) is 12.8 Å². The van der Waals surface area contributed by atoms with Crippen LogP contribution in [-0.2, 0) is 12.8 Å². The molecule has 0 atom stereocenters. The minimum absolute atomic E-state index is 0.0549. The summed E-state index contributed by atoms with van der Waals surface area (Å²) in [7, 11) is 1.46. The van der Waals surface area contributed by atoms with Gasteiger partial charge >= 0.3 is 6.18 Å². The Morgan fingerprint density at radius 3 is 2.42 bits per heavy atom. The maximum absolute atomic E-state index is 13.3. The van der Waals surface area contributed by atoms with Crippen molar-refractivity contribution in [1.82, 2.24) is 0 Å². The number of carbonyl (C=O) groups is 1. The van der Waals surface area contributed by atoms with Gasteiger partial charge in [-0.1, -0.05) is 29.3 Å². The van der Waals surface area contributed by atoms with E-state index < -0.39 is 23.3 Å². The quantitative estimate of drug-likeness (QED) is 0.429. The smallest absolute Gasteiger partial charge is 0.418 e. The molecule has 1 N–H and O–H groups in total. The van der Waals surface area contributed by atoms with Crippen molar-refractivity contribution in [3.05, 3.63) is 87.4 Å². The fourth-order valence-electron chi connectivity index (χ4n) is 2.80. The topological polar surface area (TPSA) is 47.6 Å². The minimum Gasteiger partial charge on any atom is -0.496 e. The third-order valence-corrected chi connectivity index (χ3v) is 4.74. The van der Waals surface area contributed by atoms with Crippen molar-refractivity contribution in [3.8, 4) is 11.5 Å². The van der Waals surface area contributed by atoms with Gasteiger partial charge in [-0.3, -0.25) is 4.79 Å². The highest BCUT2D eigenvalue weighted by molar-refractivity contribution is 6.31. The third kappa shape index (κ3) is 5.83. The molecule has 3 aromatic carbocycles. The summed E-state index contributed by atoms with van der Waals surface area (Å²) in [5.41, 5.74) is -0.767. The largest absolute Gasteiger partial charge is 0.496 e. The van der Waals surface area contributed by atoms with Gasteiger partial charge in [0.1, 0.15) is 18.1 Å². The second-order valence-corrected chi connectivity index (χ2v) is 7.29. The highest BCUT2D eigenvalue weighted by Gasteiger charge is 2.34. The van der Waals surface area contributed by atoms with Crippen LogP contribution in [0.15, 0.2) is 60.7 Å². The van der Waals surface area contributed by atoms with Crippen LogP contribution in [0.5, 0.6) is 11.5 Å². The number of carbonyl (C=O) groups excluding carboxylic acids is 1. The number of anilines is 1. The van der Waals surface area contributed by atoms with E-state index in [0.717, 1.165) is 12.1 Å². The van der Waals surface area contributed by atoms with E-state index in [-0.39, 0.29) is 17.2 Å². The monoisotopic (exact) mass is 469 g/mol. The Morgan fingerprint density at radius 1 is 1.00 bits per heavy atom. The van der Waals surface area contributed by atoms with Gasteiger partial charge in [-0.2, -0.15) is 13.2 Å². The number of ether oxygens (including phenoxy) is 2. The molecule has 0 radical (unpaired) electrons. The van der Waals surface area contributed by atoms with Crippen LogP contribution in [0, 0.1) is 0 Å². The summed E-state index contributed by atoms with van der Waals surface area (Å²) in [5.74, 6) is 0.251. The molecule has 0 aliphatic carbocycles. The zero-order chi connectivity index (χ0) is 22.6. The van der Waals surface area contributed by atoms with Crippen molar-refractivity contribution in [1.29, 1.82) is 0 Å². The summed E-state index contributed by atoms with van der Waals surface area (Å²) in [4.78, 5) is 12.6. The lowest BCUT2D eigenvalue weighted by molar-refractivity contribution is -0.136. The fourth-order valence-corrected chi connectivity index (χ4v) is 3.16. The first kappa shape index (κ1) is 22.8. The van der Waals surface area contributed by atoms with Gasteiger partial charge in [0.05, 0.1) is 18.4 Å². The number of alkyl halides is 3. The number of rotatable bonds is 6. The Morgan fingerprint density at radius 2 is 1.74 bits per heavy atom. The molecular formula is C22H16Cl2F3NO3. The number of hydrogen-bond acceptors (Lipinski definition) is 3. The number of benzene rings is 3. The molecule has 0 aromatic heterocycles. The van der Waals surface area contributed by atoms with Crippen molar-refractivity contribution in [2.24, 2.45) is 0 Å². The van der Waals surface area contributed by atoms with Crippen LogP contribution in [0.25, 0.3) is 0 Å². The highest BCUT2D eigenvalue weighted by Crippen LogP contribution is 2.36. The Kier molecular flexibility index (Phi) is 6.97. The number of hydrogen-bond donors (Lipinski definition) is 1. The zero-order valence-electron chi connectivity index (χ0n) is 16.1. The lowest BCUT2D eigenvalue weighted by atomic mass is 10.1. The molecule has 0 saturated carbocycles. The minimum atomic E-state index is -4.68. The summed E-state index contributed by atoms with van der Waals surface area (Å²) in [6.45, 7) is 0.0549. The predicted molar refractivity (Wildman–Crippen MR) is 113 cm³/mol. The van der Waals surface area contributed by atoms with E-state index >= 15 is 0 Å². The first-order chi connectivity index (χ1) is 14.7. The molecular weight excluding hydrogens is 454 g/mol. The van der Waals surface area contributed by atoms with Crippen LogP contribution >= 0.6 is 23.2 Å². The first-order valence-electron chi connectivity index (χ1n) is 8.91. The van der Waals surface area contributed by atoms with E-state index in [9.17, 15) is 18.0 Å². The average molecular weight is 470 g/mol. The molecule has 0 spiro atoms. The van der Waals surface area contributed by atoms with E-state index in [4.69, 9.17) is 32.7 Å². The van der Waals surface area contributed by atoms with Crippen molar-refractivity contribution >= 4 is 34.8 Å². The maximum atomic E-state index is 13.3. The predicted octanol–water partition coefficient (Wildman–Crippen LogP) is 6.85. The van der Waals surface area contributed by atoms with Crippen molar-refractivity contribution < 1.29 is 27.4 Å². The third-order valence-electron chi connectivity index (χ3n) is 4.27. The number of methoxy groups -OCH3 is 1. The van der Waals surface area contributed by atoms with Crippen molar-refractivity contribution in [2.75, 3.05) is 12.4 Å². The zero-order valence-corrected chi connectivity index (χ0v) is 17.6. The van der Waals surface area contributed by atoms with E-state index in [1.807, 2.05) is 0 Å². The van der Waals surface area contributed by atoms with E-state index in [0.29, 0.717) is 22.1 Å². The maximum Gasteiger partial charge on any atom is 0.418 e. The molecule has 3 rings (SSSR count). The molecule has 0 aliphatic heterocycles. The van der Waals surface area contributed by atoms with E-state index in [1.165, 1.54) is 31.4 Å². The lowest BCUT2D eigenvalue weighted by Crippen LogP contribution is -2.17. The Labute approximate surface area is 186 Å².